The lowest BCUT2D eigenvalue weighted by Gasteiger charge is -2.23. The molecule has 0 aliphatic heterocycles. The summed E-state index contributed by atoms with van der Waals surface area (Å²) in [5.41, 5.74) is 0.773. The number of nitrogens with zero attached hydrogens (tertiary/aromatic N) is 1. The lowest BCUT2D eigenvalue weighted by molar-refractivity contribution is -0.384. The van der Waals surface area contributed by atoms with Gasteiger partial charge in [0.2, 0.25) is 10.0 Å². The van der Waals surface area contributed by atoms with E-state index in [4.69, 9.17) is 9.88 Å². The molecule has 1 fully saturated rings. The molecule has 0 aromatic heterocycles. The van der Waals surface area contributed by atoms with Crippen LogP contribution in [0.5, 0.6) is 5.75 Å². The first-order valence-electron chi connectivity index (χ1n) is 9.13. The largest absolute Gasteiger partial charge is 0.490 e. The van der Waals surface area contributed by atoms with Crippen molar-refractivity contribution in [3.05, 3.63) is 58.1 Å². The summed E-state index contributed by atoms with van der Waals surface area (Å²) in [6.07, 6.45) is 5.99. The summed E-state index contributed by atoms with van der Waals surface area (Å²) in [6, 6.07) is 11.1. The Morgan fingerprint density at radius 3 is 2.57 bits per heavy atom. The third kappa shape index (κ3) is 5.20. The first-order valence-corrected chi connectivity index (χ1v) is 10.7. The maximum Gasteiger partial charge on any atom is 0.293 e. The van der Waals surface area contributed by atoms with Gasteiger partial charge in [0.1, 0.15) is 11.4 Å². The lowest BCUT2D eigenvalue weighted by Crippen LogP contribution is -2.19. The molecule has 0 heterocycles. The van der Waals surface area contributed by atoms with Crippen molar-refractivity contribution in [1.82, 2.24) is 0 Å². The molecular weight excluding hydrogens is 382 g/mol. The summed E-state index contributed by atoms with van der Waals surface area (Å²) >= 11 is 0. The van der Waals surface area contributed by atoms with Crippen molar-refractivity contribution in [2.24, 2.45) is 5.14 Å². The number of sulfonamides is 1. The predicted molar refractivity (Wildman–Crippen MR) is 106 cm³/mol. The second-order valence-corrected chi connectivity index (χ2v) is 8.42. The first kappa shape index (κ1) is 20.1. The molecule has 0 bridgehead atoms. The van der Waals surface area contributed by atoms with Gasteiger partial charge in [-0.1, -0.05) is 18.6 Å². The molecule has 0 saturated heterocycles. The van der Waals surface area contributed by atoms with Crippen molar-refractivity contribution >= 4 is 21.4 Å². The molecule has 28 heavy (non-hydrogen) atoms. The zero-order valence-corrected chi connectivity index (χ0v) is 16.2. The van der Waals surface area contributed by atoms with Crippen LogP contribution in [0.1, 0.15) is 37.7 Å². The van der Waals surface area contributed by atoms with Gasteiger partial charge in [-0.15, -0.1) is 0 Å². The number of nitrogens with one attached hydrogen (secondary N) is 1. The fourth-order valence-electron chi connectivity index (χ4n) is 3.29. The molecule has 1 saturated carbocycles. The van der Waals surface area contributed by atoms with E-state index in [2.05, 4.69) is 5.32 Å². The molecule has 0 radical (unpaired) electrons. The lowest BCUT2D eigenvalue weighted by atomic mass is 9.98. The Hall–Kier alpha value is -2.65. The fourth-order valence-corrected chi connectivity index (χ4v) is 3.82. The monoisotopic (exact) mass is 405 g/mol. The van der Waals surface area contributed by atoms with Crippen LogP contribution in [0.2, 0.25) is 0 Å². The van der Waals surface area contributed by atoms with E-state index in [-0.39, 0.29) is 22.4 Å². The van der Waals surface area contributed by atoms with Gasteiger partial charge in [-0.3, -0.25) is 10.1 Å². The van der Waals surface area contributed by atoms with Crippen molar-refractivity contribution in [2.75, 3.05) is 5.32 Å². The van der Waals surface area contributed by atoms with E-state index in [0.717, 1.165) is 30.2 Å². The highest BCUT2D eigenvalue weighted by Gasteiger charge is 2.19. The minimum absolute atomic E-state index is 0.219. The van der Waals surface area contributed by atoms with Crippen molar-refractivity contribution in [1.29, 1.82) is 0 Å². The summed E-state index contributed by atoms with van der Waals surface area (Å²) in [7, 11) is -4.01. The van der Waals surface area contributed by atoms with Gasteiger partial charge in [-0.05, 0) is 55.5 Å². The highest BCUT2D eigenvalue weighted by molar-refractivity contribution is 7.89. The molecule has 3 N–H and O–H groups in total. The number of hydrogen-bond acceptors (Lipinski definition) is 6. The quantitative estimate of drug-likeness (QED) is 0.536. The number of nitro benzene ring substituents is 1. The topological polar surface area (TPSA) is 125 Å². The number of rotatable bonds is 7. The van der Waals surface area contributed by atoms with Crippen LogP contribution >= 0.6 is 0 Å². The Morgan fingerprint density at radius 1 is 1.14 bits per heavy atom. The van der Waals surface area contributed by atoms with E-state index in [1.54, 1.807) is 0 Å². The fraction of sp³-hybridized carbons (Fsp3) is 0.368. The van der Waals surface area contributed by atoms with Crippen LogP contribution in [-0.2, 0) is 16.6 Å². The number of anilines is 1. The molecule has 2 aromatic carbocycles. The summed E-state index contributed by atoms with van der Waals surface area (Å²) in [5.74, 6) is 0.783. The second-order valence-electron chi connectivity index (χ2n) is 6.86. The van der Waals surface area contributed by atoms with Crippen LogP contribution in [0.4, 0.5) is 11.4 Å². The predicted octanol–water partition coefficient (Wildman–Crippen LogP) is 3.57. The summed E-state index contributed by atoms with van der Waals surface area (Å²) < 4.78 is 28.9. The van der Waals surface area contributed by atoms with Gasteiger partial charge in [0.15, 0.2) is 0 Å². The average molecular weight is 405 g/mol. The van der Waals surface area contributed by atoms with E-state index < -0.39 is 14.9 Å². The molecule has 9 heteroatoms. The van der Waals surface area contributed by atoms with Gasteiger partial charge in [-0.2, -0.15) is 0 Å². The van der Waals surface area contributed by atoms with Crippen LogP contribution in [0.15, 0.2) is 47.4 Å². The number of primary sulfonamides is 1. The number of nitro groups is 1. The average Bonchev–Trinajstić information content (AvgIpc) is 2.66. The normalized spacial score (nSPS) is 15.2. The minimum Gasteiger partial charge on any atom is -0.490 e. The first-order chi connectivity index (χ1) is 13.3. The van der Waals surface area contributed by atoms with Gasteiger partial charge < -0.3 is 10.1 Å². The maximum atomic E-state index is 11.4. The van der Waals surface area contributed by atoms with E-state index in [1.165, 1.54) is 31.4 Å². The van der Waals surface area contributed by atoms with E-state index in [0.29, 0.717) is 6.54 Å². The Morgan fingerprint density at radius 2 is 1.89 bits per heavy atom. The van der Waals surface area contributed by atoms with Gasteiger partial charge in [0.05, 0.1) is 15.9 Å². The zero-order valence-electron chi connectivity index (χ0n) is 15.3. The molecule has 150 valence electrons. The minimum atomic E-state index is -4.01. The molecule has 2 aromatic rings. The van der Waals surface area contributed by atoms with Gasteiger partial charge >= 0.3 is 0 Å². The SMILES string of the molecule is NS(=O)(=O)c1ccc(NCc2cccc(OC3CCCCC3)c2)c([N+](=O)[O-])c1. The number of benzene rings is 2. The molecule has 3 rings (SSSR count). The van der Waals surface area contributed by atoms with Gasteiger partial charge in [0, 0.05) is 12.6 Å². The van der Waals surface area contributed by atoms with E-state index in [1.807, 2.05) is 24.3 Å². The van der Waals surface area contributed by atoms with E-state index >= 15 is 0 Å². The van der Waals surface area contributed by atoms with Crippen molar-refractivity contribution < 1.29 is 18.1 Å². The molecule has 0 amide bonds. The Kier molecular flexibility index (Phi) is 6.15. The Balaban J connectivity index is 1.71. The highest BCUT2D eigenvalue weighted by Crippen LogP contribution is 2.28. The molecular formula is C19H23N3O5S. The molecule has 1 aliphatic rings. The zero-order chi connectivity index (χ0) is 20.1. The van der Waals surface area contributed by atoms with Crippen LogP contribution in [0.25, 0.3) is 0 Å². The maximum absolute atomic E-state index is 11.4. The smallest absolute Gasteiger partial charge is 0.293 e. The Labute approximate surface area is 163 Å². The van der Waals surface area contributed by atoms with Crippen LogP contribution in [-0.4, -0.2) is 19.4 Å². The molecule has 0 unspecified atom stereocenters. The van der Waals surface area contributed by atoms with Crippen molar-refractivity contribution in [3.8, 4) is 5.75 Å². The summed E-state index contributed by atoms with van der Waals surface area (Å²) in [4.78, 5) is 10.4. The summed E-state index contributed by atoms with van der Waals surface area (Å²) in [5, 5.41) is 19.3. The molecule has 8 nitrogen and oxygen atoms in total. The van der Waals surface area contributed by atoms with Crippen molar-refractivity contribution in [2.45, 2.75) is 49.6 Å². The van der Waals surface area contributed by atoms with Crippen molar-refractivity contribution in [3.63, 3.8) is 0 Å². The third-order valence-corrected chi connectivity index (χ3v) is 5.64. The third-order valence-electron chi connectivity index (χ3n) is 4.73. The number of ether oxygens (including phenoxy) is 1. The number of hydrogen-bond donors (Lipinski definition) is 2. The van der Waals surface area contributed by atoms with Crippen LogP contribution in [0, 0.1) is 10.1 Å². The molecule has 0 atom stereocenters. The standard InChI is InChI=1S/C19H23N3O5S/c20-28(25,26)17-9-10-18(19(12-17)22(23)24)21-13-14-5-4-8-16(11-14)27-15-6-2-1-3-7-15/h4-5,8-12,15,21H,1-3,6-7,13H2,(H2,20,25,26). The van der Waals surface area contributed by atoms with Gasteiger partial charge in [0.25, 0.3) is 5.69 Å². The molecule has 0 spiro atoms. The molecule has 1 aliphatic carbocycles. The second kappa shape index (κ2) is 8.57. The van der Waals surface area contributed by atoms with Gasteiger partial charge in [-0.25, -0.2) is 13.6 Å². The Bertz CT molecular complexity index is 956. The van der Waals surface area contributed by atoms with E-state index in [9.17, 15) is 18.5 Å². The highest BCUT2D eigenvalue weighted by atomic mass is 32.2. The summed E-state index contributed by atoms with van der Waals surface area (Å²) in [6.45, 7) is 0.331. The van der Waals surface area contributed by atoms with Crippen LogP contribution in [0.3, 0.4) is 0 Å². The number of nitrogens with two attached hydrogens (primary N) is 1. The van der Waals surface area contributed by atoms with Crippen LogP contribution < -0.4 is 15.2 Å².